The van der Waals surface area contributed by atoms with Crippen molar-refractivity contribution >= 4 is 23.2 Å². The summed E-state index contributed by atoms with van der Waals surface area (Å²) < 4.78 is 10.9. The molecule has 5 rings (SSSR count). The van der Waals surface area contributed by atoms with E-state index in [4.69, 9.17) is 9.47 Å². The zero-order chi connectivity index (χ0) is 22.1. The van der Waals surface area contributed by atoms with Crippen molar-refractivity contribution in [1.82, 2.24) is 9.80 Å². The fraction of sp³-hybridized carbons (Fsp3) is 0.417. The normalized spacial score (nSPS) is 21.1. The Bertz CT molecular complexity index is 1020. The molecule has 2 aromatic carbocycles. The highest BCUT2D eigenvalue weighted by Crippen LogP contribution is 2.33. The largest absolute Gasteiger partial charge is 0.454 e. The van der Waals surface area contributed by atoms with Gasteiger partial charge in [-0.05, 0) is 36.8 Å². The molecule has 0 aliphatic carbocycles. The molecular formula is C24H28N4O4. The third-order valence-corrected chi connectivity index (χ3v) is 6.29. The summed E-state index contributed by atoms with van der Waals surface area (Å²) in [4.78, 5) is 31.8. The quantitative estimate of drug-likeness (QED) is 0.793. The summed E-state index contributed by atoms with van der Waals surface area (Å²) in [5, 5.41) is 2.92. The van der Waals surface area contributed by atoms with Gasteiger partial charge in [0.25, 0.3) is 0 Å². The van der Waals surface area contributed by atoms with Crippen molar-refractivity contribution in [3.05, 3.63) is 48.0 Å². The van der Waals surface area contributed by atoms with Gasteiger partial charge in [0.1, 0.15) is 0 Å². The smallest absolute Gasteiger partial charge is 0.241 e. The molecule has 0 spiro atoms. The number of para-hydroxylation sites is 2. The molecule has 0 unspecified atom stereocenters. The second-order valence-corrected chi connectivity index (χ2v) is 8.62. The second-order valence-electron chi connectivity index (χ2n) is 8.62. The Kier molecular flexibility index (Phi) is 5.71. The Morgan fingerprint density at radius 3 is 2.62 bits per heavy atom. The number of amides is 2. The number of ether oxygens (including phenoxy) is 2. The molecule has 3 heterocycles. The third kappa shape index (κ3) is 4.28. The monoisotopic (exact) mass is 436 g/mol. The van der Waals surface area contributed by atoms with Crippen LogP contribution in [0.4, 0.5) is 11.4 Å². The van der Waals surface area contributed by atoms with Gasteiger partial charge in [-0.2, -0.15) is 0 Å². The van der Waals surface area contributed by atoms with Crippen LogP contribution >= 0.6 is 0 Å². The molecule has 1 saturated heterocycles. The van der Waals surface area contributed by atoms with Gasteiger partial charge < -0.3 is 19.7 Å². The van der Waals surface area contributed by atoms with Gasteiger partial charge in [-0.3, -0.25) is 19.4 Å². The van der Waals surface area contributed by atoms with Crippen molar-refractivity contribution < 1.29 is 19.1 Å². The second kappa shape index (κ2) is 8.80. The van der Waals surface area contributed by atoms with E-state index >= 15 is 0 Å². The zero-order valence-electron chi connectivity index (χ0n) is 18.3. The predicted octanol–water partition coefficient (Wildman–Crippen LogP) is 2.30. The summed E-state index contributed by atoms with van der Waals surface area (Å²) in [6, 6.07) is 13.4. The summed E-state index contributed by atoms with van der Waals surface area (Å²) in [6.45, 7) is 6.88. The Balaban J connectivity index is 1.19. The average Bonchev–Trinajstić information content (AvgIpc) is 3.19. The molecule has 1 fully saturated rings. The fourth-order valence-electron chi connectivity index (χ4n) is 4.64. The first kappa shape index (κ1) is 20.8. The Hall–Kier alpha value is -3.10. The molecule has 1 N–H and O–H groups in total. The van der Waals surface area contributed by atoms with Crippen molar-refractivity contribution in [2.45, 2.75) is 25.9 Å². The van der Waals surface area contributed by atoms with E-state index in [-0.39, 0.29) is 24.6 Å². The maximum atomic E-state index is 13.3. The lowest BCUT2D eigenvalue weighted by atomic mass is 10.1. The van der Waals surface area contributed by atoms with E-state index in [9.17, 15) is 9.59 Å². The molecular weight excluding hydrogens is 408 g/mol. The number of hydrogen-bond acceptors (Lipinski definition) is 6. The molecule has 32 heavy (non-hydrogen) atoms. The lowest BCUT2D eigenvalue weighted by Gasteiger charge is -2.36. The van der Waals surface area contributed by atoms with Crippen molar-refractivity contribution in [1.29, 1.82) is 0 Å². The van der Waals surface area contributed by atoms with E-state index in [1.165, 1.54) is 5.56 Å². The minimum atomic E-state index is -0.182. The summed E-state index contributed by atoms with van der Waals surface area (Å²) in [7, 11) is 0. The van der Waals surface area contributed by atoms with Gasteiger partial charge in [0, 0.05) is 45.2 Å². The number of rotatable bonds is 4. The molecule has 2 amide bonds. The predicted molar refractivity (Wildman–Crippen MR) is 121 cm³/mol. The molecule has 0 radical (unpaired) electrons. The molecule has 0 saturated carbocycles. The zero-order valence-corrected chi connectivity index (χ0v) is 18.3. The number of nitrogens with one attached hydrogen (secondary N) is 1. The number of anilines is 2. The van der Waals surface area contributed by atoms with Crippen LogP contribution in [0, 0.1) is 0 Å². The van der Waals surface area contributed by atoms with E-state index < -0.39 is 0 Å². The Labute approximate surface area is 187 Å². The van der Waals surface area contributed by atoms with Crippen LogP contribution < -0.4 is 19.7 Å². The molecule has 1 atom stereocenters. The summed E-state index contributed by atoms with van der Waals surface area (Å²) in [5.74, 6) is 1.59. The average molecular weight is 437 g/mol. The minimum Gasteiger partial charge on any atom is -0.454 e. The first-order chi connectivity index (χ1) is 15.6. The molecule has 0 aromatic heterocycles. The topological polar surface area (TPSA) is 74.4 Å². The van der Waals surface area contributed by atoms with E-state index in [1.54, 1.807) is 4.90 Å². The molecule has 8 heteroatoms. The third-order valence-electron chi connectivity index (χ3n) is 6.29. The molecule has 168 valence electrons. The minimum absolute atomic E-state index is 0.0330. The highest BCUT2D eigenvalue weighted by atomic mass is 16.7. The number of fused-ring (bicyclic) bond motifs is 2. The summed E-state index contributed by atoms with van der Waals surface area (Å²) in [6.07, 6.45) is 0.295. The van der Waals surface area contributed by atoms with Crippen LogP contribution in [0.1, 0.15) is 18.9 Å². The fourth-order valence-corrected chi connectivity index (χ4v) is 4.64. The Morgan fingerprint density at radius 1 is 1.03 bits per heavy atom. The van der Waals surface area contributed by atoms with Crippen LogP contribution in [0.3, 0.4) is 0 Å². The molecule has 8 nitrogen and oxygen atoms in total. The number of nitrogens with zero attached hydrogens (tertiary/aromatic N) is 3. The number of carbonyl (C=O) groups is 2. The number of benzene rings is 2. The number of piperazine rings is 1. The molecule has 3 aliphatic rings. The van der Waals surface area contributed by atoms with Crippen molar-refractivity contribution in [2.75, 3.05) is 49.7 Å². The number of hydrogen-bond donors (Lipinski definition) is 1. The van der Waals surface area contributed by atoms with E-state index in [2.05, 4.69) is 21.2 Å². The van der Waals surface area contributed by atoms with Gasteiger partial charge in [0.2, 0.25) is 18.6 Å². The van der Waals surface area contributed by atoms with Crippen LogP contribution in [0.15, 0.2) is 42.5 Å². The first-order valence-corrected chi connectivity index (χ1v) is 11.1. The van der Waals surface area contributed by atoms with Gasteiger partial charge in [0.15, 0.2) is 11.5 Å². The SMILES string of the molecule is C[C@@H]1CC(=O)Nc2ccccc2N1C(=O)CN1CCN(Cc2ccc3c(c2)OCO3)CC1. The van der Waals surface area contributed by atoms with Crippen molar-refractivity contribution in [2.24, 2.45) is 0 Å². The van der Waals surface area contributed by atoms with Crippen LogP contribution in [0.2, 0.25) is 0 Å². The van der Waals surface area contributed by atoms with Gasteiger partial charge in [-0.15, -0.1) is 0 Å². The van der Waals surface area contributed by atoms with Crippen LogP contribution in [-0.2, 0) is 16.1 Å². The first-order valence-electron chi connectivity index (χ1n) is 11.1. The van der Waals surface area contributed by atoms with Gasteiger partial charge >= 0.3 is 0 Å². The lowest BCUT2D eigenvalue weighted by Crippen LogP contribution is -2.51. The summed E-state index contributed by atoms with van der Waals surface area (Å²) >= 11 is 0. The van der Waals surface area contributed by atoms with E-state index in [0.29, 0.717) is 18.7 Å². The van der Waals surface area contributed by atoms with Crippen molar-refractivity contribution in [3.8, 4) is 11.5 Å². The van der Waals surface area contributed by atoms with Gasteiger partial charge in [0.05, 0.1) is 17.9 Å². The van der Waals surface area contributed by atoms with E-state index in [0.717, 1.165) is 49.9 Å². The van der Waals surface area contributed by atoms with Crippen LogP contribution in [-0.4, -0.2) is 67.2 Å². The maximum absolute atomic E-state index is 13.3. The molecule has 2 aromatic rings. The lowest BCUT2D eigenvalue weighted by molar-refractivity contribution is -0.120. The standard InChI is InChI=1S/C24H28N4O4/c1-17-12-23(29)25-19-4-2-3-5-20(19)28(17)24(30)15-27-10-8-26(9-11-27)14-18-6-7-21-22(13-18)32-16-31-21/h2-7,13,17H,8-12,14-16H2,1H3,(H,25,29)/t17-/m1/s1. The Morgan fingerprint density at radius 2 is 1.78 bits per heavy atom. The van der Waals surface area contributed by atoms with Crippen LogP contribution in [0.25, 0.3) is 0 Å². The molecule has 3 aliphatic heterocycles. The number of carbonyl (C=O) groups excluding carboxylic acids is 2. The van der Waals surface area contributed by atoms with Gasteiger partial charge in [-0.25, -0.2) is 0 Å². The highest BCUT2D eigenvalue weighted by molar-refractivity contribution is 6.04. The van der Waals surface area contributed by atoms with E-state index in [1.807, 2.05) is 43.3 Å². The molecule has 0 bridgehead atoms. The highest BCUT2D eigenvalue weighted by Gasteiger charge is 2.31. The maximum Gasteiger partial charge on any atom is 0.241 e. The van der Waals surface area contributed by atoms with Crippen molar-refractivity contribution in [3.63, 3.8) is 0 Å². The van der Waals surface area contributed by atoms with Gasteiger partial charge in [-0.1, -0.05) is 18.2 Å². The van der Waals surface area contributed by atoms with Crippen LogP contribution in [0.5, 0.6) is 11.5 Å². The summed E-state index contributed by atoms with van der Waals surface area (Å²) in [5.41, 5.74) is 2.67.